The van der Waals surface area contributed by atoms with Crippen LogP contribution in [0.1, 0.15) is 40.7 Å². The van der Waals surface area contributed by atoms with E-state index in [0.717, 1.165) is 60.7 Å². The molecule has 0 atom stereocenters. The zero-order chi connectivity index (χ0) is 19.6. The number of hydrogen-bond acceptors (Lipinski definition) is 3. The summed E-state index contributed by atoms with van der Waals surface area (Å²) in [7, 11) is 0. The fourth-order valence-corrected chi connectivity index (χ4v) is 4.97. The molecule has 1 saturated carbocycles. The van der Waals surface area contributed by atoms with Crippen LogP contribution in [-0.2, 0) is 10.2 Å². The molecule has 1 aliphatic heterocycles. The standard InChI is InChI=1S/C23H26N2O2S/c1-17-16-18(21(26)25-12-14-28-15-13-25)8-9-20(17)24-22(27)23(10-5-11-23)19-6-3-2-4-7-19/h2-4,6-9,16H,5,10-15H2,1H3,(H,24,27). The maximum absolute atomic E-state index is 13.1. The summed E-state index contributed by atoms with van der Waals surface area (Å²) in [5.41, 5.74) is 3.08. The molecule has 2 aromatic carbocycles. The SMILES string of the molecule is Cc1cc(C(=O)N2CCSCC2)ccc1NC(=O)C1(c2ccccc2)CCC1. The number of rotatable bonds is 4. The lowest BCUT2D eigenvalue weighted by molar-refractivity contribution is -0.124. The molecule has 1 N–H and O–H groups in total. The largest absolute Gasteiger partial charge is 0.337 e. The lowest BCUT2D eigenvalue weighted by atomic mass is 9.64. The van der Waals surface area contributed by atoms with Crippen LogP contribution in [0.3, 0.4) is 0 Å². The second kappa shape index (κ2) is 8.00. The minimum absolute atomic E-state index is 0.0557. The minimum atomic E-state index is -0.423. The number of carbonyl (C=O) groups excluding carboxylic acids is 2. The average molecular weight is 395 g/mol. The van der Waals surface area contributed by atoms with Gasteiger partial charge in [-0.05, 0) is 49.1 Å². The molecule has 2 aromatic rings. The third-order valence-electron chi connectivity index (χ3n) is 5.99. The number of carbonyl (C=O) groups is 2. The van der Waals surface area contributed by atoms with Gasteiger partial charge in [-0.15, -0.1) is 0 Å². The van der Waals surface area contributed by atoms with Gasteiger partial charge in [-0.25, -0.2) is 0 Å². The van der Waals surface area contributed by atoms with Crippen LogP contribution in [0.4, 0.5) is 5.69 Å². The molecule has 146 valence electrons. The summed E-state index contributed by atoms with van der Waals surface area (Å²) in [6, 6.07) is 15.7. The third kappa shape index (κ3) is 3.55. The van der Waals surface area contributed by atoms with Gasteiger partial charge in [0.05, 0.1) is 5.41 Å². The highest BCUT2D eigenvalue weighted by Gasteiger charge is 2.45. The molecule has 1 saturated heterocycles. The summed E-state index contributed by atoms with van der Waals surface area (Å²) < 4.78 is 0. The van der Waals surface area contributed by atoms with Crippen molar-refractivity contribution in [1.29, 1.82) is 0 Å². The van der Waals surface area contributed by atoms with Crippen molar-refractivity contribution in [3.05, 3.63) is 65.2 Å². The number of thioether (sulfide) groups is 1. The van der Waals surface area contributed by atoms with Crippen molar-refractivity contribution in [2.75, 3.05) is 29.9 Å². The second-order valence-corrected chi connectivity index (χ2v) is 8.91. The Morgan fingerprint density at radius 1 is 1.04 bits per heavy atom. The van der Waals surface area contributed by atoms with E-state index in [4.69, 9.17) is 0 Å². The maximum Gasteiger partial charge on any atom is 0.253 e. The summed E-state index contributed by atoms with van der Waals surface area (Å²) in [4.78, 5) is 27.8. The topological polar surface area (TPSA) is 49.4 Å². The molecule has 1 aliphatic carbocycles. The van der Waals surface area contributed by atoms with Gasteiger partial charge < -0.3 is 10.2 Å². The summed E-state index contributed by atoms with van der Waals surface area (Å²) >= 11 is 1.89. The van der Waals surface area contributed by atoms with Crippen molar-refractivity contribution in [3.63, 3.8) is 0 Å². The Kier molecular flexibility index (Phi) is 5.44. The molecule has 0 aromatic heterocycles. The lowest BCUT2D eigenvalue weighted by Gasteiger charge is -2.40. The van der Waals surface area contributed by atoms with Crippen molar-refractivity contribution in [1.82, 2.24) is 4.90 Å². The highest BCUT2D eigenvalue weighted by Crippen LogP contribution is 2.44. The van der Waals surface area contributed by atoms with Crippen LogP contribution in [0, 0.1) is 6.92 Å². The van der Waals surface area contributed by atoms with Crippen LogP contribution >= 0.6 is 11.8 Å². The highest BCUT2D eigenvalue weighted by molar-refractivity contribution is 7.99. The van der Waals surface area contributed by atoms with Gasteiger partial charge in [0.1, 0.15) is 0 Å². The van der Waals surface area contributed by atoms with Crippen LogP contribution < -0.4 is 5.32 Å². The van der Waals surface area contributed by atoms with E-state index in [2.05, 4.69) is 5.32 Å². The van der Waals surface area contributed by atoms with Crippen molar-refractivity contribution >= 4 is 29.3 Å². The number of hydrogen-bond donors (Lipinski definition) is 1. The molecule has 5 heteroatoms. The lowest BCUT2D eigenvalue weighted by Crippen LogP contribution is -2.46. The van der Waals surface area contributed by atoms with Gasteiger partial charge in [-0.2, -0.15) is 11.8 Å². The number of amides is 2. The van der Waals surface area contributed by atoms with E-state index >= 15 is 0 Å². The normalized spacial score (nSPS) is 18.2. The molecule has 4 nitrogen and oxygen atoms in total. The Balaban J connectivity index is 1.50. The molecule has 0 bridgehead atoms. The predicted molar refractivity (Wildman–Crippen MR) is 115 cm³/mol. The number of nitrogens with zero attached hydrogens (tertiary/aromatic N) is 1. The second-order valence-electron chi connectivity index (χ2n) is 7.69. The molecular formula is C23H26N2O2S. The van der Waals surface area contributed by atoms with Gasteiger partial charge >= 0.3 is 0 Å². The summed E-state index contributed by atoms with van der Waals surface area (Å²) in [5, 5.41) is 3.13. The molecule has 2 aliphatic rings. The minimum Gasteiger partial charge on any atom is -0.337 e. The summed E-state index contributed by atoms with van der Waals surface area (Å²) in [6.45, 7) is 3.57. The number of anilines is 1. The molecule has 2 amide bonds. The van der Waals surface area contributed by atoms with Crippen molar-refractivity contribution < 1.29 is 9.59 Å². The van der Waals surface area contributed by atoms with E-state index in [0.29, 0.717) is 5.56 Å². The first-order valence-electron chi connectivity index (χ1n) is 9.95. The van der Waals surface area contributed by atoms with E-state index in [-0.39, 0.29) is 11.8 Å². The summed E-state index contributed by atoms with van der Waals surface area (Å²) in [5.74, 6) is 2.14. The molecule has 4 rings (SSSR count). The van der Waals surface area contributed by atoms with Gasteiger partial charge in [-0.1, -0.05) is 36.8 Å². The highest BCUT2D eigenvalue weighted by atomic mass is 32.2. The molecule has 1 heterocycles. The molecule has 28 heavy (non-hydrogen) atoms. The van der Waals surface area contributed by atoms with Gasteiger partial charge in [0, 0.05) is 35.8 Å². The maximum atomic E-state index is 13.1. The Labute approximate surface area is 170 Å². The van der Waals surface area contributed by atoms with E-state index in [1.54, 1.807) is 0 Å². The van der Waals surface area contributed by atoms with Crippen LogP contribution in [0.25, 0.3) is 0 Å². The Morgan fingerprint density at radius 3 is 2.36 bits per heavy atom. The number of aryl methyl sites for hydroxylation is 1. The first-order chi connectivity index (χ1) is 13.6. The van der Waals surface area contributed by atoms with Crippen LogP contribution in [0.2, 0.25) is 0 Å². The van der Waals surface area contributed by atoms with E-state index in [9.17, 15) is 9.59 Å². The predicted octanol–water partition coefficient (Wildman–Crippen LogP) is 4.24. The average Bonchev–Trinajstić information content (AvgIpc) is 2.69. The molecule has 0 spiro atoms. The fraction of sp³-hybridized carbons (Fsp3) is 0.391. The van der Waals surface area contributed by atoms with E-state index < -0.39 is 5.41 Å². The molecule has 0 radical (unpaired) electrons. The van der Waals surface area contributed by atoms with Crippen molar-refractivity contribution in [2.45, 2.75) is 31.6 Å². The summed E-state index contributed by atoms with van der Waals surface area (Å²) in [6.07, 6.45) is 2.83. The smallest absolute Gasteiger partial charge is 0.253 e. The van der Waals surface area contributed by atoms with Gasteiger partial charge in [0.15, 0.2) is 0 Å². The van der Waals surface area contributed by atoms with Crippen LogP contribution in [0.5, 0.6) is 0 Å². The fourth-order valence-electron chi connectivity index (χ4n) is 4.06. The number of nitrogens with one attached hydrogen (secondary N) is 1. The Bertz CT molecular complexity index is 871. The Hall–Kier alpha value is -2.27. The molecular weight excluding hydrogens is 368 g/mol. The monoisotopic (exact) mass is 394 g/mol. The van der Waals surface area contributed by atoms with Crippen LogP contribution in [-0.4, -0.2) is 41.3 Å². The van der Waals surface area contributed by atoms with Crippen molar-refractivity contribution in [2.24, 2.45) is 0 Å². The first-order valence-corrected chi connectivity index (χ1v) is 11.1. The Morgan fingerprint density at radius 2 is 1.75 bits per heavy atom. The number of benzene rings is 2. The van der Waals surface area contributed by atoms with E-state index in [1.807, 2.05) is 72.1 Å². The van der Waals surface area contributed by atoms with Gasteiger partial charge in [0.25, 0.3) is 5.91 Å². The van der Waals surface area contributed by atoms with Gasteiger partial charge in [0.2, 0.25) is 5.91 Å². The van der Waals surface area contributed by atoms with Crippen LogP contribution in [0.15, 0.2) is 48.5 Å². The third-order valence-corrected chi connectivity index (χ3v) is 6.93. The quantitative estimate of drug-likeness (QED) is 0.844. The molecule has 2 fully saturated rings. The van der Waals surface area contributed by atoms with Crippen molar-refractivity contribution in [3.8, 4) is 0 Å². The first kappa shape index (κ1) is 19.1. The van der Waals surface area contributed by atoms with E-state index in [1.165, 1.54) is 0 Å². The van der Waals surface area contributed by atoms with Gasteiger partial charge in [-0.3, -0.25) is 9.59 Å². The zero-order valence-electron chi connectivity index (χ0n) is 16.2. The zero-order valence-corrected chi connectivity index (χ0v) is 17.1. The molecule has 0 unspecified atom stereocenters.